The monoisotopic (exact) mass is 266 g/mol. The molecule has 19 heavy (non-hydrogen) atoms. The molecule has 2 rings (SSSR count). The van der Waals surface area contributed by atoms with Crippen LogP contribution in [-0.4, -0.2) is 31.4 Å². The summed E-state index contributed by atoms with van der Waals surface area (Å²) in [6.07, 6.45) is -1.31. The maximum Gasteiger partial charge on any atom is 0.339 e. The van der Waals surface area contributed by atoms with E-state index in [9.17, 15) is 9.90 Å². The van der Waals surface area contributed by atoms with Crippen molar-refractivity contribution in [3.8, 4) is 11.5 Å². The van der Waals surface area contributed by atoms with Gasteiger partial charge in [0, 0.05) is 5.56 Å². The van der Waals surface area contributed by atoms with E-state index in [1.807, 2.05) is 13.8 Å². The lowest BCUT2D eigenvalue weighted by Gasteiger charge is -2.25. The van der Waals surface area contributed by atoms with Crippen molar-refractivity contribution in [2.75, 3.05) is 20.3 Å². The molecule has 1 atom stereocenters. The van der Waals surface area contributed by atoms with E-state index in [2.05, 4.69) is 4.74 Å². The summed E-state index contributed by atoms with van der Waals surface area (Å²) >= 11 is 0. The normalized spacial score (nSPS) is 15.2. The van der Waals surface area contributed by atoms with Crippen molar-refractivity contribution in [1.29, 1.82) is 0 Å². The van der Waals surface area contributed by atoms with Gasteiger partial charge in [0.2, 0.25) is 0 Å². The third-order valence-corrected chi connectivity index (χ3v) is 3.08. The number of aliphatic hydroxyl groups is 1. The van der Waals surface area contributed by atoms with Crippen molar-refractivity contribution in [1.82, 2.24) is 0 Å². The molecule has 1 unspecified atom stereocenters. The lowest BCUT2D eigenvalue weighted by molar-refractivity contribution is -0.150. The number of aliphatic hydroxyl groups excluding tert-OH is 1. The Labute approximate surface area is 112 Å². The zero-order valence-electron chi connectivity index (χ0n) is 11.3. The second-order valence-electron chi connectivity index (χ2n) is 4.67. The van der Waals surface area contributed by atoms with Gasteiger partial charge in [-0.3, -0.25) is 0 Å². The molecule has 0 saturated carbocycles. The van der Waals surface area contributed by atoms with Gasteiger partial charge in [-0.25, -0.2) is 4.79 Å². The fourth-order valence-corrected chi connectivity index (χ4v) is 2.23. The third kappa shape index (κ3) is 2.51. The molecule has 0 radical (unpaired) electrons. The number of carbonyl (C=O) groups excluding carboxylic acids is 1. The predicted molar refractivity (Wildman–Crippen MR) is 68.5 cm³/mol. The van der Waals surface area contributed by atoms with Crippen LogP contribution < -0.4 is 9.47 Å². The Morgan fingerprint density at radius 2 is 2.00 bits per heavy atom. The summed E-state index contributed by atoms with van der Waals surface area (Å²) < 4.78 is 15.7. The lowest BCUT2D eigenvalue weighted by Crippen LogP contribution is -2.20. The Hall–Kier alpha value is -1.75. The molecule has 104 valence electrons. The van der Waals surface area contributed by atoms with E-state index in [0.29, 0.717) is 30.3 Å². The minimum atomic E-state index is -1.31. The van der Waals surface area contributed by atoms with Crippen molar-refractivity contribution in [2.45, 2.75) is 25.9 Å². The molecule has 1 aliphatic rings. The Balaban J connectivity index is 2.52. The van der Waals surface area contributed by atoms with E-state index in [4.69, 9.17) is 9.47 Å². The summed E-state index contributed by atoms with van der Waals surface area (Å²) in [5, 5.41) is 10.0. The van der Waals surface area contributed by atoms with Crippen LogP contribution in [0, 0.1) is 0 Å². The smallest absolute Gasteiger partial charge is 0.339 e. The second-order valence-corrected chi connectivity index (χ2v) is 4.67. The van der Waals surface area contributed by atoms with Crippen LogP contribution >= 0.6 is 0 Å². The Bertz CT molecular complexity index is 481. The maximum absolute atomic E-state index is 11.5. The Morgan fingerprint density at radius 3 is 2.63 bits per heavy atom. The maximum atomic E-state index is 11.5. The predicted octanol–water partition coefficient (Wildman–Crippen LogP) is 1.79. The minimum absolute atomic E-state index is 0.0888. The average molecular weight is 266 g/mol. The molecule has 0 saturated heterocycles. The highest BCUT2D eigenvalue weighted by Gasteiger charge is 2.28. The lowest BCUT2D eigenvalue weighted by atomic mass is 9.92. The van der Waals surface area contributed by atoms with Gasteiger partial charge in [0.15, 0.2) is 17.6 Å². The molecule has 0 spiro atoms. The van der Waals surface area contributed by atoms with E-state index >= 15 is 0 Å². The number of ether oxygens (including phenoxy) is 3. The molecular formula is C14H18O5. The van der Waals surface area contributed by atoms with Gasteiger partial charge in [-0.1, -0.05) is 19.9 Å². The van der Waals surface area contributed by atoms with Crippen LogP contribution in [0.15, 0.2) is 12.1 Å². The third-order valence-electron chi connectivity index (χ3n) is 3.08. The molecule has 1 aromatic rings. The highest BCUT2D eigenvalue weighted by Crippen LogP contribution is 2.41. The molecule has 1 N–H and O–H groups in total. The second kappa shape index (κ2) is 5.48. The largest absolute Gasteiger partial charge is 0.486 e. The van der Waals surface area contributed by atoms with Crippen molar-refractivity contribution in [2.24, 2.45) is 0 Å². The first-order chi connectivity index (χ1) is 9.06. The standard InChI is InChI=1S/C14H18O5/c1-8(2)11-9(12(15)14(16)17-3)4-5-10-13(11)19-7-6-18-10/h4-5,8,12,15H,6-7H2,1-3H3. The molecule has 1 heterocycles. The van der Waals surface area contributed by atoms with E-state index < -0.39 is 12.1 Å². The molecule has 5 nitrogen and oxygen atoms in total. The Morgan fingerprint density at radius 1 is 1.32 bits per heavy atom. The fraction of sp³-hybridized carbons (Fsp3) is 0.500. The number of carbonyl (C=O) groups is 1. The van der Waals surface area contributed by atoms with Gasteiger partial charge in [0.05, 0.1) is 7.11 Å². The van der Waals surface area contributed by atoms with Crippen LogP contribution in [-0.2, 0) is 9.53 Å². The summed E-state index contributed by atoms with van der Waals surface area (Å²) in [6.45, 7) is 4.91. The summed E-state index contributed by atoms with van der Waals surface area (Å²) in [5.41, 5.74) is 1.29. The summed E-state index contributed by atoms with van der Waals surface area (Å²) in [4.78, 5) is 11.5. The molecular weight excluding hydrogens is 248 g/mol. The van der Waals surface area contributed by atoms with Crippen LogP contribution in [0.1, 0.15) is 37.0 Å². The van der Waals surface area contributed by atoms with E-state index in [-0.39, 0.29) is 5.92 Å². The molecule has 0 aromatic heterocycles. The number of fused-ring (bicyclic) bond motifs is 1. The quantitative estimate of drug-likeness (QED) is 0.845. The van der Waals surface area contributed by atoms with Crippen LogP contribution in [0.25, 0.3) is 0 Å². The van der Waals surface area contributed by atoms with Crippen LogP contribution in [0.5, 0.6) is 11.5 Å². The number of rotatable bonds is 3. The first-order valence-corrected chi connectivity index (χ1v) is 6.24. The van der Waals surface area contributed by atoms with Gasteiger partial charge >= 0.3 is 5.97 Å². The topological polar surface area (TPSA) is 65.0 Å². The van der Waals surface area contributed by atoms with Gasteiger partial charge in [-0.2, -0.15) is 0 Å². The fourth-order valence-electron chi connectivity index (χ4n) is 2.23. The summed E-state index contributed by atoms with van der Waals surface area (Å²) in [5.74, 6) is 0.669. The molecule has 5 heteroatoms. The molecule has 1 aliphatic heterocycles. The van der Waals surface area contributed by atoms with Crippen LogP contribution in [0.4, 0.5) is 0 Å². The first-order valence-electron chi connectivity index (χ1n) is 6.24. The van der Waals surface area contributed by atoms with Crippen molar-refractivity contribution in [3.63, 3.8) is 0 Å². The van der Waals surface area contributed by atoms with Gasteiger partial charge in [-0.15, -0.1) is 0 Å². The van der Waals surface area contributed by atoms with Crippen molar-refractivity contribution in [3.05, 3.63) is 23.3 Å². The molecule has 1 aromatic carbocycles. The van der Waals surface area contributed by atoms with Gasteiger partial charge in [-0.05, 0) is 17.5 Å². The number of hydrogen-bond acceptors (Lipinski definition) is 5. The number of benzene rings is 1. The van der Waals surface area contributed by atoms with Crippen LogP contribution in [0.3, 0.4) is 0 Å². The van der Waals surface area contributed by atoms with Gasteiger partial charge in [0.25, 0.3) is 0 Å². The van der Waals surface area contributed by atoms with E-state index in [1.165, 1.54) is 7.11 Å². The summed E-state index contributed by atoms with van der Waals surface area (Å²) in [6, 6.07) is 3.40. The highest BCUT2D eigenvalue weighted by atomic mass is 16.6. The Kier molecular flexibility index (Phi) is 3.95. The van der Waals surface area contributed by atoms with Gasteiger partial charge in [0.1, 0.15) is 13.2 Å². The SMILES string of the molecule is COC(=O)C(O)c1ccc2c(c1C(C)C)OCCO2. The molecule has 0 aliphatic carbocycles. The highest BCUT2D eigenvalue weighted by molar-refractivity contribution is 5.77. The first kappa shape index (κ1) is 13.7. The van der Waals surface area contributed by atoms with E-state index in [1.54, 1.807) is 12.1 Å². The van der Waals surface area contributed by atoms with Crippen LogP contribution in [0.2, 0.25) is 0 Å². The zero-order chi connectivity index (χ0) is 14.0. The zero-order valence-corrected chi connectivity index (χ0v) is 11.3. The minimum Gasteiger partial charge on any atom is -0.486 e. The summed E-state index contributed by atoms with van der Waals surface area (Å²) in [7, 11) is 1.25. The van der Waals surface area contributed by atoms with Crippen molar-refractivity contribution >= 4 is 5.97 Å². The number of hydrogen-bond donors (Lipinski definition) is 1. The van der Waals surface area contributed by atoms with Gasteiger partial charge < -0.3 is 19.3 Å². The average Bonchev–Trinajstić information content (AvgIpc) is 2.44. The molecule has 0 amide bonds. The molecule has 0 bridgehead atoms. The van der Waals surface area contributed by atoms with E-state index in [0.717, 1.165) is 5.56 Å². The number of methoxy groups -OCH3 is 1. The van der Waals surface area contributed by atoms with Crippen molar-refractivity contribution < 1.29 is 24.1 Å². The number of esters is 1. The molecule has 0 fully saturated rings.